The minimum Gasteiger partial charge on any atom is -0.369 e. The van der Waals surface area contributed by atoms with E-state index in [9.17, 15) is 8.42 Å². The van der Waals surface area contributed by atoms with Crippen molar-refractivity contribution in [1.82, 2.24) is 14.7 Å². The van der Waals surface area contributed by atoms with Crippen LogP contribution in [0.1, 0.15) is 24.0 Å². The van der Waals surface area contributed by atoms with Crippen molar-refractivity contribution in [2.75, 3.05) is 36.4 Å². The van der Waals surface area contributed by atoms with Crippen molar-refractivity contribution in [2.24, 2.45) is 0 Å². The van der Waals surface area contributed by atoms with E-state index in [-0.39, 0.29) is 6.54 Å². The van der Waals surface area contributed by atoms with Gasteiger partial charge in [0.1, 0.15) is 18.0 Å². The van der Waals surface area contributed by atoms with E-state index in [1.54, 1.807) is 12.1 Å². The Balaban J connectivity index is 1.53. The molecule has 7 nitrogen and oxygen atoms in total. The zero-order valence-corrected chi connectivity index (χ0v) is 16.0. The van der Waals surface area contributed by atoms with Crippen molar-refractivity contribution in [3.63, 3.8) is 0 Å². The molecule has 140 valence electrons. The Morgan fingerprint density at radius 2 is 1.81 bits per heavy atom. The lowest BCUT2D eigenvalue weighted by atomic mass is 10.1. The van der Waals surface area contributed by atoms with Crippen molar-refractivity contribution in [1.29, 1.82) is 0 Å². The van der Waals surface area contributed by atoms with Crippen LogP contribution in [0.25, 0.3) is 0 Å². The van der Waals surface area contributed by atoms with E-state index in [4.69, 9.17) is 0 Å². The molecule has 1 aliphatic rings. The third-order valence-electron chi connectivity index (χ3n) is 4.59. The second-order valence-corrected chi connectivity index (χ2v) is 8.29. The van der Waals surface area contributed by atoms with Gasteiger partial charge in [-0.2, -0.15) is 0 Å². The maximum Gasteiger partial charge on any atom is 0.240 e. The largest absolute Gasteiger partial charge is 0.369 e. The van der Waals surface area contributed by atoms with Crippen LogP contribution in [-0.2, 0) is 10.0 Å². The van der Waals surface area contributed by atoms with Crippen LogP contribution < -0.4 is 14.9 Å². The molecule has 0 aliphatic carbocycles. The van der Waals surface area contributed by atoms with Crippen molar-refractivity contribution in [2.45, 2.75) is 31.6 Å². The molecule has 1 aromatic carbocycles. The molecular weight excluding hydrogens is 350 g/mol. The average Bonchev–Trinajstić information content (AvgIpc) is 3.16. The van der Waals surface area contributed by atoms with E-state index in [0.717, 1.165) is 30.0 Å². The first-order valence-electron chi connectivity index (χ1n) is 8.83. The lowest BCUT2D eigenvalue weighted by molar-refractivity contribution is 0.582. The number of hydrogen-bond acceptors (Lipinski definition) is 6. The van der Waals surface area contributed by atoms with Crippen molar-refractivity contribution in [3.8, 4) is 0 Å². The number of aromatic nitrogens is 2. The Kier molecular flexibility index (Phi) is 5.73. The van der Waals surface area contributed by atoms with Gasteiger partial charge in [0.25, 0.3) is 0 Å². The first-order chi connectivity index (χ1) is 12.5. The summed E-state index contributed by atoms with van der Waals surface area (Å²) in [6.45, 7) is 6.63. The van der Waals surface area contributed by atoms with Crippen LogP contribution in [0, 0.1) is 13.8 Å². The Morgan fingerprint density at radius 1 is 1.04 bits per heavy atom. The molecular formula is C18H25N5O2S. The molecule has 3 rings (SSSR count). The van der Waals surface area contributed by atoms with Crippen LogP contribution in [-0.4, -0.2) is 44.6 Å². The summed E-state index contributed by atoms with van der Waals surface area (Å²) < 4.78 is 27.3. The number of anilines is 2. The highest BCUT2D eigenvalue weighted by Crippen LogP contribution is 2.19. The fraction of sp³-hybridized carbons (Fsp3) is 0.444. The van der Waals surface area contributed by atoms with Gasteiger partial charge in [-0.25, -0.2) is 23.1 Å². The Hall–Kier alpha value is -2.19. The summed E-state index contributed by atoms with van der Waals surface area (Å²) in [5.41, 5.74) is 2.03. The minimum atomic E-state index is -3.51. The average molecular weight is 375 g/mol. The van der Waals surface area contributed by atoms with E-state index >= 15 is 0 Å². The van der Waals surface area contributed by atoms with Gasteiger partial charge in [-0.3, -0.25) is 0 Å². The van der Waals surface area contributed by atoms with Gasteiger partial charge >= 0.3 is 0 Å². The van der Waals surface area contributed by atoms with Gasteiger partial charge in [0.15, 0.2) is 0 Å². The lowest BCUT2D eigenvalue weighted by Gasteiger charge is -2.16. The van der Waals surface area contributed by atoms with Gasteiger partial charge in [-0.05, 0) is 49.9 Å². The van der Waals surface area contributed by atoms with Crippen molar-refractivity contribution < 1.29 is 8.42 Å². The smallest absolute Gasteiger partial charge is 0.240 e. The molecule has 26 heavy (non-hydrogen) atoms. The molecule has 0 saturated carbocycles. The van der Waals surface area contributed by atoms with Gasteiger partial charge in [0.05, 0.1) is 4.90 Å². The first-order valence-corrected chi connectivity index (χ1v) is 10.3. The number of nitrogens with one attached hydrogen (secondary N) is 2. The SMILES string of the molecule is Cc1ccc(S(=O)(=O)NCCNc2cc(N3CCCC3)ncn2)cc1C. The Labute approximate surface area is 154 Å². The summed E-state index contributed by atoms with van der Waals surface area (Å²) in [7, 11) is -3.51. The summed E-state index contributed by atoms with van der Waals surface area (Å²) in [4.78, 5) is 11.0. The molecule has 0 radical (unpaired) electrons. The summed E-state index contributed by atoms with van der Waals surface area (Å²) >= 11 is 0. The zero-order chi connectivity index (χ0) is 18.6. The second-order valence-electron chi connectivity index (χ2n) is 6.53. The molecule has 0 unspecified atom stereocenters. The van der Waals surface area contributed by atoms with Crippen LogP contribution in [0.5, 0.6) is 0 Å². The standard InChI is InChI=1S/C18H25N5O2S/c1-14-5-6-16(11-15(14)2)26(24,25)22-8-7-19-17-12-18(21-13-20-17)23-9-3-4-10-23/h5-6,11-13,22H,3-4,7-10H2,1-2H3,(H,19,20,21). The maximum absolute atomic E-state index is 12.4. The van der Waals surface area contributed by atoms with E-state index in [2.05, 4.69) is 24.9 Å². The van der Waals surface area contributed by atoms with Crippen LogP contribution in [0.2, 0.25) is 0 Å². The third kappa shape index (κ3) is 4.50. The fourth-order valence-electron chi connectivity index (χ4n) is 2.90. The van der Waals surface area contributed by atoms with Gasteiger partial charge < -0.3 is 10.2 Å². The predicted octanol–water partition coefficient (Wildman–Crippen LogP) is 2.08. The number of aryl methyl sites for hydroxylation is 2. The highest BCUT2D eigenvalue weighted by Gasteiger charge is 2.15. The molecule has 2 N–H and O–H groups in total. The minimum absolute atomic E-state index is 0.276. The monoisotopic (exact) mass is 375 g/mol. The molecule has 2 aromatic rings. The number of nitrogens with zero attached hydrogens (tertiary/aromatic N) is 3. The first kappa shape index (κ1) is 18.6. The topological polar surface area (TPSA) is 87.2 Å². The number of sulfonamides is 1. The lowest BCUT2D eigenvalue weighted by Crippen LogP contribution is -2.29. The van der Waals surface area contributed by atoms with E-state index in [1.807, 2.05) is 26.0 Å². The molecule has 1 saturated heterocycles. The normalized spacial score (nSPS) is 14.6. The molecule has 1 aliphatic heterocycles. The summed E-state index contributed by atoms with van der Waals surface area (Å²) in [5, 5.41) is 3.15. The van der Waals surface area contributed by atoms with E-state index < -0.39 is 10.0 Å². The van der Waals surface area contributed by atoms with E-state index in [1.165, 1.54) is 19.2 Å². The summed E-state index contributed by atoms with van der Waals surface area (Å²) in [5.74, 6) is 1.61. The molecule has 1 fully saturated rings. The number of hydrogen-bond donors (Lipinski definition) is 2. The van der Waals surface area contributed by atoms with Gasteiger partial charge in [-0.15, -0.1) is 0 Å². The summed E-state index contributed by atoms with van der Waals surface area (Å²) in [6, 6.07) is 7.05. The third-order valence-corrected chi connectivity index (χ3v) is 6.05. The Bertz CT molecular complexity index is 864. The van der Waals surface area contributed by atoms with Crippen LogP contribution in [0.3, 0.4) is 0 Å². The van der Waals surface area contributed by atoms with Crippen LogP contribution in [0.15, 0.2) is 35.5 Å². The van der Waals surface area contributed by atoms with Gasteiger partial charge in [-0.1, -0.05) is 6.07 Å². The summed E-state index contributed by atoms with van der Waals surface area (Å²) in [6.07, 6.45) is 3.91. The van der Waals surface area contributed by atoms with Crippen LogP contribution >= 0.6 is 0 Å². The number of benzene rings is 1. The highest BCUT2D eigenvalue weighted by atomic mass is 32.2. The molecule has 2 heterocycles. The van der Waals surface area contributed by atoms with Crippen LogP contribution in [0.4, 0.5) is 11.6 Å². The molecule has 0 bridgehead atoms. The molecule has 0 atom stereocenters. The van der Waals surface area contributed by atoms with Crippen molar-refractivity contribution in [3.05, 3.63) is 41.7 Å². The van der Waals surface area contributed by atoms with Gasteiger partial charge in [0, 0.05) is 32.2 Å². The Morgan fingerprint density at radius 3 is 2.54 bits per heavy atom. The zero-order valence-electron chi connectivity index (χ0n) is 15.2. The van der Waals surface area contributed by atoms with Gasteiger partial charge in [0.2, 0.25) is 10.0 Å². The predicted molar refractivity (Wildman–Crippen MR) is 103 cm³/mol. The fourth-order valence-corrected chi connectivity index (χ4v) is 4.02. The van der Waals surface area contributed by atoms with E-state index in [0.29, 0.717) is 17.3 Å². The number of rotatable bonds is 7. The maximum atomic E-state index is 12.4. The molecule has 0 amide bonds. The van der Waals surface area contributed by atoms with Crippen molar-refractivity contribution >= 4 is 21.7 Å². The molecule has 1 aromatic heterocycles. The molecule has 0 spiro atoms. The highest BCUT2D eigenvalue weighted by molar-refractivity contribution is 7.89. The quantitative estimate of drug-likeness (QED) is 0.721. The second kappa shape index (κ2) is 8.01. The molecule has 8 heteroatoms.